The maximum absolute atomic E-state index is 12.9. The van der Waals surface area contributed by atoms with Gasteiger partial charge < -0.3 is 14.8 Å². The average Bonchev–Trinajstić information content (AvgIpc) is 3.11. The van der Waals surface area contributed by atoms with Crippen molar-refractivity contribution < 1.29 is 31.5 Å². The first kappa shape index (κ1) is 24.1. The summed E-state index contributed by atoms with van der Waals surface area (Å²) in [6.45, 7) is 0.678. The van der Waals surface area contributed by atoms with Gasteiger partial charge in [0.1, 0.15) is 11.9 Å². The zero-order valence-electron chi connectivity index (χ0n) is 18.9. The van der Waals surface area contributed by atoms with E-state index in [2.05, 4.69) is 15.2 Å². The van der Waals surface area contributed by atoms with Crippen molar-refractivity contribution in [2.45, 2.75) is 38.5 Å². The molecular weight excluding hydrogens is 468 g/mol. The van der Waals surface area contributed by atoms with E-state index >= 15 is 0 Å². The number of ether oxygens (including phenoxy) is 2. The van der Waals surface area contributed by atoms with E-state index in [4.69, 9.17) is 4.74 Å². The van der Waals surface area contributed by atoms with Crippen molar-refractivity contribution in [1.82, 2.24) is 15.1 Å². The van der Waals surface area contributed by atoms with Gasteiger partial charge in [0.05, 0.1) is 33.9 Å². The van der Waals surface area contributed by atoms with Gasteiger partial charge in [-0.3, -0.25) is 4.79 Å². The summed E-state index contributed by atoms with van der Waals surface area (Å²) in [5, 5.41) is 8.15. The maximum atomic E-state index is 12.9. The summed E-state index contributed by atoms with van der Waals surface area (Å²) < 4.78 is 60.2. The van der Waals surface area contributed by atoms with Gasteiger partial charge in [-0.1, -0.05) is 13.0 Å². The zero-order valence-corrected chi connectivity index (χ0v) is 19.7. The third kappa shape index (κ3) is 4.76. The van der Waals surface area contributed by atoms with Crippen molar-refractivity contribution >= 4 is 26.6 Å². The van der Waals surface area contributed by atoms with Crippen molar-refractivity contribution in [3.8, 4) is 11.4 Å². The highest BCUT2D eigenvalue weighted by Crippen LogP contribution is 2.32. The van der Waals surface area contributed by atoms with E-state index in [1.54, 1.807) is 49.0 Å². The number of carbonyl (C=O) groups is 1. The second-order valence-electron chi connectivity index (χ2n) is 8.58. The SMILES string of the molecule is CCC(OC)c1nn(-c2cccc(OC(F)F)c2)c2ccc(C(=O)NC3(C)CS(=O)(=O)C3)cc12. The standard InChI is InChI=1S/C23H25F2N3O5S/c1-4-19(32-3)20-17-10-14(21(29)26-23(2)12-34(30,31)13-23)8-9-18(17)28(27-20)15-6-5-7-16(11-15)33-22(24)25/h5-11,19,22H,4,12-13H2,1-3H3,(H,26,29). The molecule has 0 aliphatic carbocycles. The summed E-state index contributed by atoms with van der Waals surface area (Å²) >= 11 is 0. The predicted molar refractivity (Wildman–Crippen MR) is 122 cm³/mol. The molecule has 34 heavy (non-hydrogen) atoms. The van der Waals surface area contributed by atoms with Crippen LogP contribution < -0.4 is 10.1 Å². The van der Waals surface area contributed by atoms with Crippen molar-refractivity contribution in [3.05, 3.63) is 53.7 Å². The number of aromatic nitrogens is 2. The number of rotatable bonds is 8. The molecule has 0 radical (unpaired) electrons. The van der Waals surface area contributed by atoms with Gasteiger partial charge in [0.25, 0.3) is 5.91 Å². The molecule has 1 N–H and O–H groups in total. The molecule has 2 heterocycles. The van der Waals surface area contributed by atoms with Crippen LogP contribution in [-0.2, 0) is 14.6 Å². The summed E-state index contributed by atoms with van der Waals surface area (Å²) in [5.41, 5.74) is 1.28. The van der Waals surface area contributed by atoms with Crippen LogP contribution in [0.15, 0.2) is 42.5 Å². The number of amides is 1. The van der Waals surface area contributed by atoms with Crippen LogP contribution in [0.4, 0.5) is 8.78 Å². The lowest BCUT2D eigenvalue weighted by atomic mass is 10.0. The third-order valence-electron chi connectivity index (χ3n) is 5.71. The molecule has 8 nitrogen and oxygen atoms in total. The molecule has 182 valence electrons. The molecule has 1 amide bonds. The van der Waals surface area contributed by atoms with E-state index in [9.17, 15) is 22.0 Å². The average molecular weight is 494 g/mol. The number of hydrogen-bond acceptors (Lipinski definition) is 6. The van der Waals surface area contributed by atoms with E-state index in [1.165, 1.54) is 12.1 Å². The summed E-state index contributed by atoms with van der Waals surface area (Å²) in [4.78, 5) is 12.9. The Labute approximate surface area is 195 Å². The molecule has 11 heteroatoms. The lowest BCUT2D eigenvalue weighted by molar-refractivity contribution is -0.0498. The first-order valence-corrected chi connectivity index (χ1v) is 12.5. The number of fused-ring (bicyclic) bond motifs is 1. The molecule has 2 aromatic carbocycles. The van der Waals surface area contributed by atoms with Gasteiger partial charge in [0.15, 0.2) is 9.84 Å². The molecule has 0 spiro atoms. The fraction of sp³-hybridized carbons (Fsp3) is 0.391. The predicted octanol–water partition coefficient (Wildman–Crippen LogP) is 3.64. The lowest BCUT2D eigenvalue weighted by Crippen LogP contribution is -2.63. The molecule has 0 saturated carbocycles. The van der Waals surface area contributed by atoms with Crippen molar-refractivity contribution in [2.75, 3.05) is 18.6 Å². The van der Waals surface area contributed by atoms with Gasteiger partial charge in [0.2, 0.25) is 0 Å². The van der Waals surface area contributed by atoms with E-state index in [0.717, 1.165) is 0 Å². The summed E-state index contributed by atoms with van der Waals surface area (Å²) in [7, 11) is -1.56. The van der Waals surface area contributed by atoms with Gasteiger partial charge >= 0.3 is 6.61 Å². The smallest absolute Gasteiger partial charge is 0.387 e. The van der Waals surface area contributed by atoms with Crippen LogP contribution in [-0.4, -0.2) is 54.9 Å². The van der Waals surface area contributed by atoms with E-state index in [0.29, 0.717) is 34.3 Å². The van der Waals surface area contributed by atoms with Crippen LogP contribution in [0, 0.1) is 0 Å². The number of sulfone groups is 1. The highest BCUT2D eigenvalue weighted by atomic mass is 32.2. The number of benzene rings is 2. The third-order valence-corrected chi connectivity index (χ3v) is 7.86. The van der Waals surface area contributed by atoms with Crippen LogP contribution in [0.25, 0.3) is 16.6 Å². The van der Waals surface area contributed by atoms with Crippen LogP contribution in [0.1, 0.15) is 42.4 Å². The number of alkyl halides is 2. The summed E-state index contributed by atoms with van der Waals surface area (Å²) in [6, 6.07) is 11.2. The largest absolute Gasteiger partial charge is 0.435 e. The van der Waals surface area contributed by atoms with Crippen LogP contribution in [0.2, 0.25) is 0 Å². The molecule has 1 unspecified atom stereocenters. The molecule has 1 aliphatic heterocycles. The number of halogens is 2. The van der Waals surface area contributed by atoms with Crippen LogP contribution in [0.3, 0.4) is 0 Å². The number of nitrogens with zero attached hydrogens (tertiary/aromatic N) is 2. The normalized spacial score (nSPS) is 17.4. The van der Waals surface area contributed by atoms with E-state index in [1.807, 2.05) is 6.92 Å². The van der Waals surface area contributed by atoms with Crippen molar-refractivity contribution in [1.29, 1.82) is 0 Å². The molecule has 1 fully saturated rings. The Morgan fingerprint density at radius 2 is 1.97 bits per heavy atom. The highest BCUT2D eigenvalue weighted by Gasteiger charge is 2.45. The second-order valence-corrected chi connectivity index (χ2v) is 10.6. The Hall–Kier alpha value is -3.05. The summed E-state index contributed by atoms with van der Waals surface area (Å²) in [5.74, 6) is -0.599. The lowest BCUT2D eigenvalue weighted by Gasteiger charge is -2.38. The molecule has 1 atom stereocenters. The quantitative estimate of drug-likeness (QED) is 0.514. The monoisotopic (exact) mass is 493 g/mol. The van der Waals surface area contributed by atoms with Gasteiger partial charge in [-0.05, 0) is 43.7 Å². The second kappa shape index (κ2) is 8.95. The Morgan fingerprint density at radius 3 is 2.59 bits per heavy atom. The van der Waals surface area contributed by atoms with Gasteiger partial charge in [-0.15, -0.1) is 0 Å². The Balaban J connectivity index is 1.75. The number of carbonyl (C=O) groups excluding carboxylic acids is 1. The van der Waals surface area contributed by atoms with E-state index < -0.39 is 27.9 Å². The molecule has 1 saturated heterocycles. The van der Waals surface area contributed by atoms with Crippen LogP contribution >= 0.6 is 0 Å². The van der Waals surface area contributed by atoms with E-state index in [-0.39, 0.29) is 23.4 Å². The first-order chi connectivity index (χ1) is 16.0. The Bertz CT molecular complexity index is 1320. The van der Waals surface area contributed by atoms with Crippen molar-refractivity contribution in [2.24, 2.45) is 0 Å². The fourth-order valence-corrected chi connectivity index (χ4v) is 6.33. The molecular formula is C23H25F2N3O5S. The highest BCUT2D eigenvalue weighted by molar-refractivity contribution is 7.93. The minimum absolute atomic E-state index is 0.00354. The maximum Gasteiger partial charge on any atom is 0.387 e. The molecule has 4 rings (SSSR count). The van der Waals surface area contributed by atoms with Crippen LogP contribution in [0.5, 0.6) is 5.75 Å². The minimum Gasteiger partial charge on any atom is -0.435 e. The first-order valence-electron chi connectivity index (χ1n) is 10.7. The topological polar surface area (TPSA) is 99.5 Å². The number of nitrogens with one attached hydrogen (secondary N) is 1. The van der Waals surface area contributed by atoms with Gasteiger partial charge in [-0.25, -0.2) is 13.1 Å². The zero-order chi connectivity index (χ0) is 24.7. The van der Waals surface area contributed by atoms with Gasteiger partial charge in [-0.2, -0.15) is 13.9 Å². The Kier molecular flexibility index (Phi) is 6.34. The minimum atomic E-state index is -3.12. The molecule has 1 aromatic heterocycles. The number of methoxy groups -OCH3 is 1. The fourth-order valence-electron chi connectivity index (χ4n) is 4.33. The summed E-state index contributed by atoms with van der Waals surface area (Å²) in [6.07, 6.45) is 0.251. The molecule has 0 bridgehead atoms. The molecule has 1 aliphatic rings. The molecule has 3 aromatic rings. The Morgan fingerprint density at radius 1 is 1.24 bits per heavy atom. The number of hydrogen-bond donors (Lipinski definition) is 1. The van der Waals surface area contributed by atoms with Crippen molar-refractivity contribution in [3.63, 3.8) is 0 Å². The van der Waals surface area contributed by atoms with Gasteiger partial charge in [0, 0.05) is 24.1 Å².